The molecule has 1 aromatic carbocycles. The van der Waals surface area contributed by atoms with Gasteiger partial charge in [-0.05, 0) is 51.2 Å². The maximum atomic E-state index is 12.2. The second-order valence-corrected chi connectivity index (χ2v) is 7.44. The fourth-order valence-corrected chi connectivity index (χ4v) is 3.15. The molecule has 24 heavy (non-hydrogen) atoms. The molecule has 0 aliphatic heterocycles. The number of hydrogen-bond acceptors (Lipinski definition) is 5. The molecule has 0 atom stereocenters. The largest absolute Gasteiger partial charge is 0.491 e. The lowest BCUT2D eigenvalue weighted by atomic mass is 10.3. The average molecular weight is 359 g/mol. The van der Waals surface area contributed by atoms with Crippen LogP contribution in [0.25, 0.3) is 0 Å². The number of likely N-dealkylation sites (N-methyl/N-ethyl adjacent to an activating group) is 1. The van der Waals surface area contributed by atoms with Crippen LogP contribution in [0.1, 0.15) is 27.7 Å². The molecule has 0 bridgehead atoms. The molecule has 0 aromatic heterocycles. The normalized spacial score (nSPS) is 12.1. The minimum Gasteiger partial charge on any atom is -0.491 e. The third kappa shape index (κ3) is 7.61. The van der Waals surface area contributed by atoms with Gasteiger partial charge >= 0.3 is 0 Å². The van der Waals surface area contributed by atoms with E-state index in [-0.39, 0.29) is 17.5 Å². The Bertz CT molecular complexity index is 554. The molecule has 1 aromatic rings. The number of hydrogen-bond donors (Lipinski definition) is 1. The summed E-state index contributed by atoms with van der Waals surface area (Å²) < 4.78 is 37.9. The first-order valence-electron chi connectivity index (χ1n) is 8.45. The first-order chi connectivity index (χ1) is 11.4. The molecule has 0 aliphatic carbocycles. The maximum absolute atomic E-state index is 12.2. The SMILES string of the molecule is CCN(CC)CCOCCNS(=O)(=O)c1ccc(OC(C)C)cc1. The average Bonchev–Trinajstić information content (AvgIpc) is 2.54. The van der Waals surface area contributed by atoms with Crippen molar-refractivity contribution in [2.24, 2.45) is 0 Å². The number of nitrogens with zero attached hydrogens (tertiary/aromatic N) is 1. The van der Waals surface area contributed by atoms with E-state index in [2.05, 4.69) is 23.5 Å². The molecule has 1 rings (SSSR count). The third-order valence-electron chi connectivity index (χ3n) is 3.49. The molecule has 138 valence electrons. The Balaban J connectivity index is 2.36. The highest BCUT2D eigenvalue weighted by Crippen LogP contribution is 2.16. The van der Waals surface area contributed by atoms with Crippen LogP contribution in [-0.4, -0.2) is 58.8 Å². The van der Waals surface area contributed by atoms with Crippen molar-refractivity contribution in [2.75, 3.05) is 39.4 Å². The summed E-state index contributed by atoms with van der Waals surface area (Å²) in [6.45, 7) is 12.1. The second-order valence-electron chi connectivity index (χ2n) is 5.68. The number of sulfonamides is 1. The van der Waals surface area contributed by atoms with E-state index in [1.54, 1.807) is 24.3 Å². The van der Waals surface area contributed by atoms with Gasteiger partial charge in [-0.15, -0.1) is 0 Å². The lowest BCUT2D eigenvalue weighted by Crippen LogP contribution is -2.30. The van der Waals surface area contributed by atoms with E-state index in [0.717, 1.165) is 19.6 Å². The van der Waals surface area contributed by atoms with Crippen molar-refractivity contribution < 1.29 is 17.9 Å². The predicted octanol–water partition coefficient (Wildman–Crippen LogP) is 2.11. The van der Waals surface area contributed by atoms with Crippen molar-refractivity contribution in [3.05, 3.63) is 24.3 Å². The predicted molar refractivity (Wildman–Crippen MR) is 96.0 cm³/mol. The summed E-state index contributed by atoms with van der Waals surface area (Å²) in [6.07, 6.45) is 0.0547. The van der Waals surface area contributed by atoms with E-state index in [0.29, 0.717) is 19.0 Å². The van der Waals surface area contributed by atoms with Gasteiger partial charge in [0.2, 0.25) is 10.0 Å². The van der Waals surface area contributed by atoms with Crippen LogP contribution in [0.2, 0.25) is 0 Å². The Morgan fingerprint density at radius 2 is 1.71 bits per heavy atom. The smallest absolute Gasteiger partial charge is 0.240 e. The van der Waals surface area contributed by atoms with Gasteiger partial charge in [-0.25, -0.2) is 13.1 Å². The third-order valence-corrected chi connectivity index (χ3v) is 4.97. The summed E-state index contributed by atoms with van der Waals surface area (Å²) in [5, 5.41) is 0. The minimum atomic E-state index is -3.51. The standard InChI is InChI=1S/C17H30N2O4S/c1-5-19(6-2)12-14-22-13-11-18-24(20,21)17-9-7-16(8-10-17)23-15(3)4/h7-10,15,18H,5-6,11-14H2,1-4H3. The van der Waals surface area contributed by atoms with Crippen molar-refractivity contribution in [2.45, 2.75) is 38.7 Å². The van der Waals surface area contributed by atoms with Crippen molar-refractivity contribution in [3.63, 3.8) is 0 Å². The van der Waals surface area contributed by atoms with E-state index in [1.165, 1.54) is 0 Å². The van der Waals surface area contributed by atoms with Gasteiger partial charge in [0, 0.05) is 13.1 Å². The van der Waals surface area contributed by atoms with Crippen LogP contribution >= 0.6 is 0 Å². The summed E-state index contributed by atoms with van der Waals surface area (Å²) in [4.78, 5) is 2.48. The van der Waals surface area contributed by atoms with E-state index >= 15 is 0 Å². The molecule has 0 spiro atoms. The first kappa shape index (κ1) is 20.9. The Morgan fingerprint density at radius 1 is 1.08 bits per heavy atom. The fraction of sp³-hybridized carbons (Fsp3) is 0.647. The number of nitrogens with one attached hydrogen (secondary N) is 1. The molecule has 0 radical (unpaired) electrons. The Hall–Kier alpha value is -1.15. The van der Waals surface area contributed by atoms with Gasteiger partial charge in [0.25, 0.3) is 0 Å². The Kier molecular flexibility index (Phi) is 9.28. The molecule has 7 heteroatoms. The van der Waals surface area contributed by atoms with Crippen molar-refractivity contribution in [3.8, 4) is 5.75 Å². The van der Waals surface area contributed by atoms with E-state index < -0.39 is 10.0 Å². The van der Waals surface area contributed by atoms with Crippen LogP contribution < -0.4 is 9.46 Å². The molecule has 0 amide bonds. The summed E-state index contributed by atoms with van der Waals surface area (Å²) in [5.74, 6) is 0.656. The van der Waals surface area contributed by atoms with Gasteiger partial charge in [0.05, 0.1) is 24.2 Å². The lowest BCUT2D eigenvalue weighted by molar-refractivity contribution is 0.111. The molecule has 0 aliphatic rings. The molecule has 0 saturated carbocycles. The monoisotopic (exact) mass is 358 g/mol. The topological polar surface area (TPSA) is 67.9 Å². The summed E-state index contributed by atoms with van der Waals surface area (Å²) >= 11 is 0. The quantitative estimate of drug-likeness (QED) is 0.580. The van der Waals surface area contributed by atoms with Crippen LogP contribution in [0.5, 0.6) is 5.75 Å². The first-order valence-corrected chi connectivity index (χ1v) is 9.93. The van der Waals surface area contributed by atoms with Gasteiger partial charge in [-0.3, -0.25) is 0 Å². The van der Waals surface area contributed by atoms with Gasteiger partial charge in [-0.2, -0.15) is 0 Å². The summed E-state index contributed by atoms with van der Waals surface area (Å²) in [5.41, 5.74) is 0. The Labute approximate surface area is 146 Å². The Morgan fingerprint density at radius 3 is 2.25 bits per heavy atom. The van der Waals surface area contributed by atoms with Gasteiger partial charge in [0.15, 0.2) is 0 Å². The van der Waals surface area contributed by atoms with Crippen molar-refractivity contribution in [1.82, 2.24) is 9.62 Å². The molecule has 6 nitrogen and oxygen atoms in total. The van der Waals surface area contributed by atoms with Gasteiger partial charge in [-0.1, -0.05) is 13.8 Å². The zero-order valence-electron chi connectivity index (χ0n) is 15.1. The molecule has 1 N–H and O–H groups in total. The highest BCUT2D eigenvalue weighted by Gasteiger charge is 2.13. The highest BCUT2D eigenvalue weighted by molar-refractivity contribution is 7.89. The van der Waals surface area contributed by atoms with Crippen LogP contribution in [0.4, 0.5) is 0 Å². The molecule has 0 fully saturated rings. The molecule has 0 saturated heterocycles. The van der Waals surface area contributed by atoms with Crippen LogP contribution in [-0.2, 0) is 14.8 Å². The summed E-state index contributed by atoms with van der Waals surface area (Å²) in [7, 11) is -3.51. The number of ether oxygens (including phenoxy) is 2. The minimum absolute atomic E-state index is 0.0547. The molecular weight excluding hydrogens is 328 g/mol. The van der Waals surface area contributed by atoms with Crippen LogP contribution in [0, 0.1) is 0 Å². The maximum Gasteiger partial charge on any atom is 0.240 e. The van der Waals surface area contributed by atoms with E-state index in [4.69, 9.17) is 9.47 Å². The highest BCUT2D eigenvalue weighted by atomic mass is 32.2. The van der Waals surface area contributed by atoms with Crippen molar-refractivity contribution >= 4 is 10.0 Å². The zero-order valence-corrected chi connectivity index (χ0v) is 15.9. The molecule has 0 heterocycles. The zero-order chi connectivity index (χ0) is 18.0. The van der Waals surface area contributed by atoms with Crippen LogP contribution in [0.3, 0.4) is 0 Å². The molecular formula is C17H30N2O4S. The van der Waals surface area contributed by atoms with Crippen LogP contribution in [0.15, 0.2) is 29.2 Å². The summed E-state index contributed by atoms with van der Waals surface area (Å²) in [6, 6.07) is 6.41. The van der Waals surface area contributed by atoms with Crippen molar-refractivity contribution in [1.29, 1.82) is 0 Å². The molecule has 0 unspecified atom stereocenters. The van der Waals surface area contributed by atoms with E-state index in [1.807, 2.05) is 13.8 Å². The number of rotatable bonds is 12. The lowest BCUT2D eigenvalue weighted by Gasteiger charge is -2.17. The number of benzene rings is 1. The van der Waals surface area contributed by atoms with Gasteiger partial charge in [0.1, 0.15) is 5.75 Å². The van der Waals surface area contributed by atoms with E-state index in [9.17, 15) is 8.42 Å². The second kappa shape index (κ2) is 10.7. The van der Waals surface area contributed by atoms with Gasteiger partial charge < -0.3 is 14.4 Å². The fourth-order valence-electron chi connectivity index (χ4n) is 2.14.